The fourth-order valence-corrected chi connectivity index (χ4v) is 3.03. The van der Waals surface area contributed by atoms with E-state index in [1.54, 1.807) is 18.4 Å². The number of rotatable bonds is 6. The smallest absolute Gasteiger partial charge is 0.129 e. The van der Waals surface area contributed by atoms with Gasteiger partial charge in [-0.15, -0.1) is 0 Å². The van der Waals surface area contributed by atoms with Crippen LogP contribution in [0.3, 0.4) is 0 Å². The Morgan fingerprint density at radius 3 is 2.57 bits per heavy atom. The number of hydrogen-bond donors (Lipinski definition) is 1. The van der Waals surface area contributed by atoms with Crippen molar-refractivity contribution in [2.45, 2.75) is 12.6 Å². The molecule has 0 heterocycles. The van der Waals surface area contributed by atoms with Crippen molar-refractivity contribution in [2.75, 3.05) is 12.0 Å². The highest BCUT2D eigenvalue weighted by atomic mass is 35.5. The van der Waals surface area contributed by atoms with Crippen molar-refractivity contribution in [3.8, 4) is 0 Å². The first kappa shape index (κ1) is 16.1. The van der Waals surface area contributed by atoms with Gasteiger partial charge in [-0.2, -0.15) is 0 Å². The summed E-state index contributed by atoms with van der Waals surface area (Å²) in [6, 6.07) is 14.3. The fraction of sp³-hybridized carbons (Fsp3) is 0.250. The van der Waals surface area contributed by atoms with Gasteiger partial charge in [-0.05, 0) is 17.7 Å². The lowest BCUT2D eigenvalue weighted by Gasteiger charge is -2.18. The van der Waals surface area contributed by atoms with Gasteiger partial charge >= 0.3 is 0 Å². The van der Waals surface area contributed by atoms with E-state index < -0.39 is 10.8 Å². The Labute approximate surface area is 131 Å². The Morgan fingerprint density at radius 1 is 1.24 bits per heavy atom. The van der Waals surface area contributed by atoms with Crippen molar-refractivity contribution in [3.63, 3.8) is 0 Å². The van der Waals surface area contributed by atoms with Gasteiger partial charge in [0.2, 0.25) is 0 Å². The maximum absolute atomic E-state index is 13.8. The summed E-state index contributed by atoms with van der Waals surface area (Å²) < 4.78 is 25.3. The molecule has 0 aliphatic heterocycles. The molecule has 5 heteroatoms. The van der Waals surface area contributed by atoms with Crippen LogP contribution in [0.15, 0.2) is 48.5 Å². The normalized spacial score (nSPS) is 13.9. The number of benzene rings is 2. The van der Waals surface area contributed by atoms with E-state index in [4.69, 9.17) is 11.6 Å². The molecule has 2 atom stereocenters. The number of halogens is 2. The van der Waals surface area contributed by atoms with Gasteiger partial charge in [-0.3, -0.25) is 4.21 Å². The first-order valence-electron chi connectivity index (χ1n) is 6.58. The molecule has 0 unspecified atom stereocenters. The quantitative estimate of drug-likeness (QED) is 0.877. The molecule has 0 amide bonds. The maximum Gasteiger partial charge on any atom is 0.129 e. The SMILES string of the molecule is C[S@@](=O)C[C@@H](NCc1ccc(Cl)cc1F)c1ccccc1. The minimum Gasteiger partial charge on any atom is -0.305 e. The van der Waals surface area contributed by atoms with E-state index in [-0.39, 0.29) is 11.9 Å². The van der Waals surface area contributed by atoms with Crippen LogP contribution in [0.4, 0.5) is 4.39 Å². The molecule has 2 rings (SSSR count). The third-order valence-electron chi connectivity index (χ3n) is 3.16. The van der Waals surface area contributed by atoms with Gasteiger partial charge in [0.25, 0.3) is 0 Å². The molecule has 0 spiro atoms. The Kier molecular flexibility index (Phi) is 5.91. The second kappa shape index (κ2) is 7.69. The molecule has 2 aromatic carbocycles. The zero-order valence-electron chi connectivity index (χ0n) is 11.7. The second-order valence-corrected chi connectivity index (χ2v) is 6.74. The van der Waals surface area contributed by atoms with Gasteiger partial charge in [0.15, 0.2) is 0 Å². The highest BCUT2D eigenvalue weighted by Crippen LogP contribution is 2.18. The average Bonchev–Trinajstić information content (AvgIpc) is 2.45. The lowest BCUT2D eigenvalue weighted by Crippen LogP contribution is -2.26. The highest BCUT2D eigenvalue weighted by Gasteiger charge is 2.13. The summed E-state index contributed by atoms with van der Waals surface area (Å²) >= 11 is 5.74. The number of hydrogen-bond acceptors (Lipinski definition) is 2. The first-order chi connectivity index (χ1) is 10.1. The van der Waals surface area contributed by atoms with Crippen LogP contribution in [0.2, 0.25) is 5.02 Å². The Morgan fingerprint density at radius 2 is 1.95 bits per heavy atom. The van der Waals surface area contributed by atoms with Gasteiger partial charge in [0.1, 0.15) is 5.82 Å². The molecule has 0 aliphatic rings. The number of nitrogens with one attached hydrogen (secondary N) is 1. The minimum atomic E-state index is -0.940. The van der Waals surface area contributed by atoms with Crippen molar-refractivity contribution < 1.29 is 8.60 Å². The van der Waals surface area contributed by atoms with Crippen LogP contribution in [0, 0.1) is 5.82 Å². The molecule has 2 aromatic rings. The van der Waals surface area contributed by atoms with Gasteiger partial charge in [0.05, 0.1) is 0 Å². The molecule has 0 fully saturated rings. The molecular weight excluding hydrogens is 309 g/mol. The zero-order valence-corrected chi connectivity index (χ0v) is 13.3. The minimum absolute atomic E-state index is 0.0767. The molecule has 0 aliphatic carbocycles. The predicted octanol–water partition coefficient (Wildman–Crippen LogP) is 3.69. The van der Waals surface area contributed by atoms with Gasteiger partial charge in [-0.25, -0.2) is 4.39 Å². The van der Waals surface area contributed by atoms with Crippen molar-refractivity contribution in [3.05, 3.63) is 70.5 Å². The Hall–Kier alpha value is -1.23. The third-order valence-corrected chi connectivity index (χ3v) is 4.20. The van der Waals surface area contributed by atoms with E-state index in [2.05, 4.69) is 5.32 Å². The van der Waals surface area contributed by atoms with Gasteiger partial charge in [0, 0.05) is 46.0 Å². The van der Waals surface area contributed by atoms with Crippen LogP contribution in [0.1, 0.15) is 17.2 Å². The molecule has 112 valence electrons. The molecule has 0 radical (unpaired) electrons. The fourth-order valence-electron chi connectivity index (χ4n) is 2.09. The summed E-state index contributed by atoms with van der Waals surface area (Å²) in [7, 11) is -0.940. The van der Waals surface area contributed by atoms with Crippen LogP contribution in [-0.2, 0) is 17.3 Å². The molecule has 2 nitrogen and oxygen atoms in total. The molecule has 0 saturated heterocycles. The molecule has 0 saturated carbocycles. The van der Waals surface area contributed by atoms with Crippen LogP contribution < -0.4 is 5.32 Å². The van der Waals surface area contributed by atoms with Crippen LogP contribution in [0.5, 0.6) is 0 Å². The van der Waals surface area contributed by atoms with Crippen LogP contribution in [-0.4, -0.2) is 16.2 Å². The highest BCUT2D eigenvalue weighted by molar-refractivity contribution is 7.84. The zero-order chi connectivity index (χ0) is 15.2. The predicted molar refractivity (Wildman–Crippen MR) is 86.4 cm³/mol. The molecule has 0 aromatic heterocycles. The summed E-state index contributed by atoms with van der Waals surface area (Å²) in [5.41, 5.74) is 1.59. The van der Waals surface area contributed by atoms with Crippen molar-refractivity contribution in [1.29, 1.82) is 0 Å². The molecule has 0 bridgehead atoms. The maximum atomic E-state index is 13.8. The lowest BCUT2D eigenvalue weighted by atomic mass is 10.1. The van der Waals surface area contributed by atoms with E-state index in [0.29, 0.717) is 22.9 Å². The van der Waals surface area contributed by atoms with E-state index in [9.17, 15) is 8.60 Å². The monoisotopic (exact) mass is 325 g/mol. The largest absolute Gasteiger partial charge is 0.305 e. The van der Waals surface area contributed by atoms with Crippen LogP contribution in [0.25, 0.3) is 0 Å². The van der Waals surface area contributed by atoms with E-state index in [1.807, 2.05) is 30.3 Å². The summed E-state index contributed by atoms with van der Waals surface area (Å²) in [6.07, 6.45) is 1.67. The summed E-state index contributed by atoms with van der Waals surface area (Å²) in [4.78, 5) is 0. The van der Waals surface area contributed by atoms with E-state index in [0.717, 1.165) is 5.56 Å². The van der Waals surface area contributed by atoms with Crippen molar-refractivity contribution >= 4 is 22.4 Å². The lowest BCUT2D eigenvalue weighted by molar-refractivity contribution is 0.545. The van der Waals surface area contributed by atoms with Crippen LogP contribution >= 0.6 is 11.6 Å². The summed E-state index contributed by atoms with van der Waals surface area (Å²) in [5.74, 6) is 0.151. The summed E-state index contributed by atoms with van der Waals surface area (Å²) in [6.45, 7) is 0.361. The topological polar surface area (TPSA) is 29.1 Å². The first-order valence-corrected chi connectivity index (χ1v) is 8.69. The van der Waals surface area contributed by atoms with Gasteiger partial charge < -0.3 is 5.32 Å². The standard InChI is InChI=1S/C16H17ClFNOS/c1-21(20)11-16(12-5-3-2-4-6-12)19-10-13-7-8-14(17)9-15(13)18/h2-9,16,19H,10-11H2,1H3/t16-,21-/m1/s1. The molecule has 1 N–H and O–H groups in total. The van der Waals surface area contributed by atoms with Crippen molar-refractivity contribution in [2.24, 2.45) is 0 Å². The summed E-state index contributed by atoms with van der Waals surface area (Å²) in [5, 5.41) is 3.65. The third kappa shape index (κ3) is 4.92. The second-order valence-electron chi connectivity index (χ2n) is 4.82. The Balaban J connectivity index is 2.10. The molecule has 21 heavy (non-hydrogen) atoms. The van der Waals surface area contributed by atoms with Gasteiger partial charge in [-0.1, -0.05) is 48.0 Å². The average molecular weight is 326 g/mol. The van der Waals surface area contributed by atoms with Crippen molar-refractivity contribution in [1.82, 2.24) is 5.32 Å². The molecular formula is C16H17ClFNOS. The van der Waals surface area contributed by atoms with E-state index >= 15 is 0 Å². The Bertz CT molecular complexity index is 621. The van der Waals surface area contributed by atoms with E-state index in [1.165, 1.54) is 6.07 Å².